The summed E-state index contributed by atoms with van der Waals surface area (Å²) in [4.78, 5) is 16.0. The summed E-state index contributed by atoms with van der Waals surface area (Å²) in [7, 11) is -0.424. The molecule has 23 heavy (non-hydrogen) atoms. The zero-order chi connectivity index (χ0) is 17.0. The van der Waals surface area contributed by atoms with E-state index in [1.807, 2.05) is 6.07 Å². The van der Waals surface area contributed by atoms with Crippen LogP contribution in [0.3, 0.4) is 0 Å². The van der Waals surface area contributed by atoms with Gasteiger partial charge in [0.15, 0.2) is 0 Å². The molecule has 2 atom stereocenters. The first-order valence-electron chi connectivity index (χ1n) is 6.98. The minimum Gasteiger partial charge on any atom is -0.379 e. The predicted molar refractivity (Wildman–Crippen MR) is 82.0 cm³/mol. The fourth-order valence-corrected chi connectivity index (χ4v) is 3.36. The Balaban J connectivity index is 2.03. The van der Waals surface area contributed by atoms with Crippen LogP contribution in [0.4, 0.5) is 0 Å². The zero-order valence-corrected chi connectivity index (χ0v) is 13.7. The molecule has 0 radical (unpaired) electrons. The highest BCUT2D eigenvalue weighted by Crippen LogP contribution is 2.17. The largest absolute Gasteiger partial charge is 0.379 e. The lowest BCUT2D eigenvalue weighted by Gasteiger charge is -2.21. The third-order valence-corrected chi connectivity index (χ3v) is 5.60. The van der Waals surface area contributed by atoms with Crippen molar-refractivity contribution in [2.75, 3.05) is 33.1 Å². The molecule has 1 aromatic rings. The van der Waals surface area contributed by atoms with E-state index in [0.29, 0.717) is 5.56 Å². The second kappa shape index (κ2) is 7.04. The van der Waals surface area contributed by atoms with Gasteiger partial charge in [0.05, 0.1) is 30.6 Å². The fraction of sp³-hybridized carbons (Fsp3) is 0.500. The number of amides is 1. The van der Waals surface area contributed by atoms with Crippen molar-refractivity contribution in [3.05, 3.63) is 29.6 Å². The molecular formula is C14H18N4O4S. The Morgan fingerprint density at radius 2 is 2.22 bits per heavy atom. The molecule has 0 saturated carbocycles. The van der Waals surface area contributed by atoms with E-state index in [4.69, 9.17) is 10.00 Å². The number of hydrogen-bond acceptors (Lipinski definition) is 6. The number of nitriles is 1. The highest BCUT2D eigenvalue weighted by atomic mass is 32.2. The Kier molecular flexibility index (Phi) is 5.30. The molecule has 124 valence electrons. The highest BCUT2D eigenvalue weighted by molar-refractivity contribution is 7.89. The van der Waals surface area contributed by atoms with Gasteiger partial charge in [0.25, 0.3) is 5.91 Å². The van der Waals surface area contributed by atoms with E-state index in [-0.39, 0.29) is 42.5 Å². The van der Waals surface area contributed by atoms with Crippen LogP contribution < -0.4 is 5.32 Å². The molecule has 0 unspecified atom stereocenters. The summed E-state index contributed by atoms with van der Waals surface area (Å²) in [5.74, 6) is -0.765. The quantitative estimate of drug-likeness (QED) is 0.781. The number of nitrogens with zero attached hydrogens (tertiary/aromatic N) is 3. The summed E-state index contributed by atoms with van der Waals surface area (Å²) in [6.07, 6.45) is 1.31. The standard InChI is InChI=1S/C14H18N4O4S/c1-18(2)23(20,21)9-11-7-22-8-13(11)17-14(19)10-3-4-12(5-15)16-6-10/h3-4,6,11,13H,7-9H2,1-2H3,(H,17,19)/t11-,13+/m0/s1. The number of aromatic nitrogens is 1. The van der Waals surface area contributed by atoms with Gasteiger partial charge in [-0.1, -0.05) is 0 Å². The van der Waals surface area contributed by atoms with Crippen molar-refractivity contribution in [3.63, 3.8) is 0 Å². The molecule has 1 saturated heterocycles. The minimum absolute atomic E-state index is 0.0867. The Labute approximate surface area is 135 Å². The molecule has 8 nitrogen and oxygen atoms in total. The lowest BCUT2D eigenvalue weighted by atomic mass is 10.1. The average molecular weight is 338 g/mol. The van der Waals surface area contributed by atoms with E-state index in [9.17, 15) is 13.2 Å². The summed E-state index contributed by atoms with van der Waals surface area (Å²) >= 11 is 0. The molecule has 1 aliphatic rings. The summed E-state index contributed by atoms with van der Waals surface area (Å²) in [6, 6.07) is 4.45. The topological polar surface area (TPSA) is 112 Å². The summed E-state index contributed by atoms with van der Waals surface area (Å²) in [5, 5.41) is 11.5. The van der Waals surface area contributed by atoms with Crippen LogP contribution in [0.5, 0.6) is 0 Å². The van der Waals surface area contributed by atoms with E-state index in [0.717, 1.165) is 4.31 Å². The molecule has 0 aliphatic carbocycles. The van der Waals surface area contributed by atoms with Gasteiger partial charge in [0.1, 0.15) is 11.8 Å². The van der Waals surface area contributed by atoms with Crippen LogP contribution in [-0.2, 0) is 14.8 Å². The minimum atomic E-state index is -3.37. The molecule has 1 amide bonds. The molecular weight excluding hydrogens is 320 g/mol. The van der Waals surface area contributed by atoms with Gasteiger partial charge in [-0.3, -0.25) is 4.79 Å². The zero-order valence-electron chi connectivity index (χ0n) is 12.9. The number of hydrogen-bond donors (Lipinski definition) is 1. The molecule has 0 spiro atoms. The maximum atomic E-state index is 12.2. The first-order chi connectivity index (χ1) is 10.8. The molecule has 1 fully saturated rings. The number of carbonyl (C=O) groups excluding carboxylic acids is 1. The first kappa shape index (κ1) is 17.3. The van der Waals surface area contributed by atoms with Gasteiger partial charge in [-0.05, 0) is 12.1 Å². The van der Waals surface area contributed by atoms with Crippen molar-refractivity contribution in [1.29, 1.82) is 5.26 Å². The van der Waals surface area contributed by atoms with Gasteiger partial charge >= 0.3 is 0 Å². The van der Waals surface area contributed by atoms with Gasteiger partial charge in [0.2, 0.25) is 10.0 Å². The number of ether oxygens (including phenoxy) is 1. The van der Waals surface area contributed by atoms with Crippen molar-refractivity contribution >= 4 is 15.9 Å². The van der Waals surface area contributed by atoms with Crippen LogP contribution in [0.15, 0.2) is 18.3 Å². The molecule has 9 heteroatoms. The fourth-order valence-electron chi connectivity index (χ4n) is 2.19. The van der Waals surface area contributed by atoms with Crippen LogP contribution >= 0.6 is 0 Å². The van der Waals surface area contributed by atoms with Crippen molar-refractivity contribution in [1.82, 2.24) is 14.6 Å². The number of carbonyl (C=O) groups is 1. The van der Waals surface area contributed by atoms with Gasteiger partial charge in [-0.2, -0.15) is 5.26 Å². The number of sulfonamides is 1. The normalized spacial score (nSPS) is 21.1. The second-order valence-electron chi connectivity index (χ2n) is 5.48. The predicted octanol–water partition coefficient (Wildman–Crippen LogP) is -0.411. The molecule has 2 rings (SSSR count). The lowest BCUT2D eigenvalue weighted by Crippen LogP contribution is -2.43. The van der Waals surface area contributed by atoms with Crippen LogP contribution in [0, 0.1) is 17.2 Å². The van der Waals surface area contributed by atoms with Gasteiger partial charge in [-0.15, -0.1) is 0 Å². The lowest BCUT2D eigenvalue weighted by molar-refractivity contribution is 0.0925. The number of nitrogens with one attached hydrogen (secondary N) is 1. The van der Waals surface area contributed by atoms with E-state index in [1.165, 1.54) is 32.4 Å². The van der Waals surface area contributed by atoms with Gasteiger partial charge in [0, 0.05) is 26.2 Å². The molecule has 0 bridgehead atoms. The average Bonchev–Trinajstić information content (AvgIpc) is 2.93. The third-order valence-electron chi connectivity index (χ3n) is 3.64. The van der Waals surface area contributed by atoms with Crippen LogP contribution in [0.25, 0.3) is 0 Å². The van der Waals surface area contributed by atoms with E-state index >= 15 is 0 Å². The second-order valence-corrected chi connectivity index (χ2v) is 7.71. The van der Waals surface area contributed by atoms with Gasteiger partial charge in [-0.25, -0.2) is 17.7 Å². The van der Waals surface area contributed by atoms with E-state index in [1.54, 1.807) is 0 Å². The Bertz CT molecular complexity index is 709. The number of rotatable bonds is 5. The molecule has 1 N–H and O–H groups in total. The van der Waals surface area contributed by atoms with Crippen LogP contribution in [0.2, 0.25) is 0 Å². The van der Waals surface area contributed by atoms with Gasteiger partial charge < -0.3 is 10.1 Å². The number of pyridine rings is 1. The van der Waals surface area contributed by atoms with Crippen LogP contribution in [0.1, 0.15) is 16.1 Å². The van der Waals surface area contributed by atoms with Crippen molar-refractivity contribution < 1.29 is 17.9 Å². The summed E-state index contributed by atoms with van der Waals surface area (Å²) in [5.41, 5.74) is 0.533. The Morgan fingerprint density at radius 3 is 2.78 bits per heavy atom. The smallest absolute Gasteiger partial charge is 0.253 e. The highest BCUT2D eigenvalue weighted by Gasteiger charge is 2.34. The Morgan fingerprint density at radius 1 is 1.48 bits per heavy atom. The molecule has 0 aromatic carbocycles. The summed E-state index contributed by atoms with van der Waals surface area (Å²) in [6.45, 7) is 0.548. The SMILES string of the molecule is CN(C)S(=O)(=O)C[C@@H]1COC[C@H]1NC(=O)c1ccc(C#N)nc1. The van der Waals surface area contributed by atoms with Crippen molar-refractivity contribution in [3.8, 4) is 6.07 Å². The molecule has 1 aromatic heterocycles. The van der Waals surface area contributed by atoms with Crippen molar-refractivity contribution in [2.24, 2.45) is 5.92 Å². The molecule has 2 heterocycles. The monoisotopic (exact) mass is 338 g/mol. The maximum absolute atomic E-state index is 12.2. The Hall–Kier alpha value is -2.02. The van der Waals surface area contributed by atoms with Crippen LogP contribution in [-0.4, -0.2) is 62.7 Å². The first-order valence-corrected chi connectivity index (χ1v) is 8.59. The van der Waals surface area contributed by atoms with E-state index < -0.39 is 10.0 Å². The van der Waals surface area contributed by atoms with E-state index in [2.05, 4.69) is 10.3 Å². The summed E-state index contributed by atoms with van der Waals surface area (Å²) < 4.78 is 30.4. The van der Waals surface area contributed by atoms with Crippen molar-refractivity contribution in [2.45, 2.75) is 6.04 Å². The third kappa shape index (κ3) is 4.25. The maximum Gasteiger partial charge on any atom is 0.253 e. The molecule has 1 aliphatic heterocycles.